The second-order valence-corrected chi connectivity index (χ2v) is 9.70. The third-order valence-corrected chi connectivity index (χ3v) is 6.93. The molecule has 1 saturated heterocycles. The molecular weight excluding hydrogens is 510 g/mol. The zero-order valence-electron chi connectivity index (χ0n) is 22.6. The molecule has 5 rings (SSSR count). The molecular formula is C31H33N3O6. The Hall–Kier alpha value is -4.18. The number of aromatic nitrogens is 1. The Balaban J connectivity index is 1.55. The van der Waals surface area contributed by atoms with Crippen molar-refractivity contribution in [2.75, 3.05) is 40.0 Å². The number of aromatic hydroxyl groups is 2. The Bertz CT molecular complexity index is 1460. The van der Waals surface area contributed by atoms with Crippen molar-refractivity contribution in [3.63, 3.8) is 0 Å². The van der Waals surface area contributed by atoms with Gasteiger partial charge in [-0.2, -0.15) is 0 Å². The number of amides is 1. The molecule has 1 amide bonds. The number of hydrogen-bond donors (Lipinski definition) is 3. The maximum Gasteiger partial charge on any atom is 0.274 e. The van der Waals surface area contributed by atoms with Crippen molar-refractivity contribution >= 4 is 5.91 Å². The Morgan fingerprint density at radius 2 is 1.60 bits per heavy atom. The molecule has 40 heavy (non-hydrogen) atoms. The van der Waals surface area contributed by atoms with Gasteiger partial charge in [0.1, 0.15) is 11.5 Å². The highest BCUT2D eigenvalue weighted by molar-refractivity contribution is 6.03. The van der Waals surface area contributed by atoms with Crippen molar-refractivity contribution in [2.45, 2.75) is 20.1 Å². The molecule has 2 heterocycles. The molecule has 1 aromatic heterocycles. The third kappa shape index (κ3) is 5.86. The highest BCUT2D eigenvalue weighted by Crippen LogP contribution is 2.44. The van der Waals surface area contributed by atoms with Crippen molar-refractivity contribution in [2.24, 2.45) is 0 Å². The first-order valence-corrected chi connectivity index (χ1v) is 13.3. The molecule has 9 nitrogen and oxygen atoms in total. The van der Waals surface area contributed by atoms with Gasteiger partial charge < -0.3 is 29.5 Å². The molecule has 1 fully saturated rings. The van der Waals surface area contributed by atoms with Gasteiger partial charge in [-0.15, -0.1) is 0 Å². The maximum atomic E-state index is 13.0. The predicted octanol–water partition coefficient (Wildman–Crippen LogP) is 4.82. The SMILES string of the molecule is CCNC(=O)c1noc(-c2cc(-c3ccc(COC)cc3)c(O)cc2O)c1-c1ccc(CN2CCOCC2)cc1. The lowest BCUT2D eigenvalue weighted by atomic mass is 9.94. The van der Waals surface area contributed by atoms with Gasteiger partial charge in [0.2, 0.25) is 0 Å². The normalized spacial score (nSPS) is 13.8. The van der Waals surface area contributed by atoms with Crippen molar-refractivity contribution in [1.29, 1.82) is 0 Å². The summed E-state index contributed by atoms with van der Waals surface area (Å²) in [5.74, 6) is -0.423. The van der Waals surface area contributed by atoms with Gasteiger partial charge in [-0.05, 0) is 35.2 Å². The van der Waals surface area contributed by atoms with Gasteiger partial charge in [-0.25, -0.2) is 0 Å². The molecule has 3 aromatic carbocycles. The summed E-state index contributed by atoms with van der Waals surface area (Å²) in [4.78, 5) is 15.3. The number of phenols is 2. The number of morpholine rings is 1. The second kappa shape index (κ2) is 12.3. The Morgan fingerprint density at radius 1 is 0.950 bits per heavy atom. The van der Waals surface area contributed by atoms with E-state index in [1.807, 2.05) is 55.5 Å². The summed E-state index contributed by atoms with van der Waals surface area (Å²) < 4.78 is 16.4. The summed E-state index contributed by atoms with van der Waals surface area (Å²) in [5.41, 5.74) is 4.99. The summed E-state index contributed by atoms with van der Waals surface area (Å²) >= 11 is 0. The number of hydrogen-bond acceptors (Lipinski definition) is 8. The molecule has 0 aliphatic carbocycles. The van der Waals surface area contributed by atoms with E-state index < -0.39 is 0 Å². The van der Waals surface area contributed by atoms with Gasteiger partial charge >= 0.3 is 0 Å². The fraction of sp³-hybridized carbons (Fsp3) is 0.290. The summed E-state index contributed by atoms with van der Waals surface area (Å²) in [5, 5.41) is 28.5. The number of carbonyl (C=O) groups is 1. The van der Waals surface area contributed by atoms with E-state index in [1.54, 1.807) is 13.2 Å². The fourth-order valence-corrected chi connectivity index (χ4v) is 4.87. The molecule has 0 saturated carbocycles. The number of benzene rings is 3. The van der Waals surface area contributed by atoms with E-state index in [1.165, 1.54) is 6.07 Å². The minimum absolute atomic E-state index is 0.0850. The van der Waals surface area contributed by atoms with Crippen LogP contribution in [0.25, 0.3) is 33.6 Å². The number of methoxy groups -OCH3 is 1. The minimum Gasteiger partial charge on any atom is -0.507 e. The van der Waals surface area contributed by atoms with E-state index in [-0.39, 0.29) is 28.9 Å². The van der Waals surface area contributed by atoms with Crippen molar-refractivity contribution in [3.05, 3.63) is 77.5 Å². The first-order chi connectivity index (χ1) is 19.5. The van der Waals surface area contributed by atoms with Crippen molar-refractivity contribution in [1.82, 2.24) is 15.4 Å². The second-order valence-electron chi connectivity index (χ2n) is 9.70. The first-order valence-electron chi connectivity index (χ1n) is 13.3. The number of nitrogens with one attached hydrogen (secondary N) is 1. The Kier molecular flexibility index (Phi) is 8.45. The zero-order valence-corrected chi connectivity index (χ0v) is 22.6. The summed E-state index contributed by atoms with van der Waals surface area (Å²) in [6.07, 6.45) is 0. The van der Waals surface area contributed by atoms with Gasteiger partial charge in [0.05, 0.1) is 30.9 Å². The van der Waals surface area contributed by atoms with Crippen LogP contribution in [-0.4, -0.2) is 66.1 Å². The molecule has 0 unspecified atom stereocenters. The van der Waals surface area contributed by atoms with Gasteiger partial charge in [-0.3, -0.25) is 9.69 Å². The quantitative estimate of drug-likeness (QED) is 0.275. The topological polar surface area (TPSA) is 117 Å². The summed E-state index contributed by atoms with van der Waals surface area (Å²) in [7, 11) is 1.63. The van der Waals surface area contributed by atoms with E-state index >= 15 is 0 Å². The smallest absolute Gasteiger partial charge is 0.274 e. The van der Waals surface area contributed by atoms with Crippen LogP contribution in [0.3, 0.4) is 0 Å². The molecule has 0 radical (unpaired) electrons. The lowest BCUT2D eigenvalue weighted by Crippen LogP contribution is -2.35. The van der Waals surface area contributed by atoms with E-state index in [2.05, 4.69) is 15.4 Å². The summed E-state index contributed by atoms with van der Waals surface area (Å²) in [6, 6.07) is 18.4. The largest absolute Gasteiger partial charge is 0.507 e. The monoisotopic (exact) mass is 543 g/mol. The third-order valence-electron chi connectivity index (χ3n) is 6.93. The lowest BCUT2D eigenvalue weighted by Gasteiger charge is -2.26. The van der Waals surface area contributed by atoms with Crippen LogP contribution in [0.2, 0.25) is 0 Å². The van der Waals surface area contributed by atoms with Gasteiger partial charge in [0.15, 0.2) is 11.5 Å². The van der Waals surface area contributed by atoms with Gasteiger partial charge in [0, 0.05) is 44.9 Å². The molecule has 0 spiro atoms. The number of rotatable bonds is 9. The van der Waals surface area contributed by atoms with Crippen LogP contribution in [0.4, 0.5) is 0 Å². The van der Waals surface area contributed by atoms with Crippen LogP contribution in [0.5, 0.6) is 11.5 Å². The summed E-state index contributed by atoms with van der Waals surface area (Å²) in [6.45, 7) is 6.76. The van der Waals surface area contributed by atoms with Crippen LogP contribution in [-0.2, 0) is 22.6 Å². The molecule has 208 valence electrons. The highest BCUT2D eigenvalue weighted by atomic mass is 16.5. The van der Waals surface area contributed by atoms with E-state index in [0.29, 0.717) is 29.8 Å². The van der Waals surface area contributed by atoms with Crippen molar-refractivity contribution in [3.8, 4) is 45.1 Å². The molecule has 1 aliphatic heterocycles. The minimum atomic E-state index is -0.378. The predicted molar refractivity (Wildman–Crippen MR) is 151 cm³/mol. The van der Waals surface area contributed by atoms with Crippen LogP contribution in [0.1, 0.15) is 28.5 Å². The van der Waals surface area contributed by atoms with Crippen molar-refractivity contribution < 1.29 is 29.0 Å². The van der Waals surface area contributed by atoms with Crippen LogP contribution in [0, 0.1) is 0 Å². The number of carbonyl (C=O) groups excluding carboxylic acids is 1. The number of ether oxygens (including phenoxy) is 2. The standard InChI is InChI=1S/C31H33N3O6/c1-3-32-31(37)29-28(23-10-4-20(5-11-23)18-34-12-14-39-15-13-34)30(40-33-29)25-16-24(26(35)17-27(25)36)22-8-6-21(7-9-22)19-38-2/h4-11,16-17,35-36H,3,12-15,18-19H2,1-2H3,(H,32,37). The molecule has 4 aromatic rings. The Morgan fingerprint density at radius 3 is 2.27 bits per heavy atom. The van der Waals surface area contributed by atoms with Gasteiger partial charge in [-0.1, -0.05) is 53.7 Å². The number of phenolic OH excluding ortho intramolecular Hbond substituents is 2. The van der Waals surface area contributed by atoms with Crippen LogP contribution < -0.4 is 5.32 Å². The zero-order chi connectivity index (χ0) is 28.1. The van der Waals surface area contributed by atoms with E-state index in [4.69, 9.17) is 14.0 Å². The Labute approximate surface area is 232 Å². The fourth-order valence-electron chi connectivity index (χ4n) is 4.87. The average Bonchev–Trinajstić information content (AvgIpc) is 3.40. The van der Waals surface area contributed by atoms with E-state index in [9.17, 15) is 15.0 Å². The van der Waals surface area contributed by atoms with Crippen LogP contribution in [0.15, 0.2) is 65.2 Å². The highest BCUT2D eigenvalue weighted by Gasteiger charge is 2.27. The van der Waals surface area contributed by atoms with E-state index in [0.717, 1.165) is 55.1 Å². The van der Waals surface area contributed by atoms with Crippen LogP contribution >= 0.6 is 0 Å². The number of nitrogens with zero attached hydrogens (tertiary/aromatic N) is 2. The molecule has 3 N–H and O–H groups in total. The molecule has 9 heteroatoms. The molecule has 0 bridgehead atoms. The maximum absolute atomic E-state index is 13.0. The first kappa shape index (κ1) is 27.4. The lowest BCUT2D eigenvalue weighted by molar-refractivity contribution is 0.0342. The molecule has 1 aliphatic rings. The molecule has 0 atom stereocenters. The van der Waals surface area contributed by atoms with Gasteiger partial charge in [0.25, 0.3) is 5.91 Å². The average molecular weight is 544 g/mol.